The molecular weight excluding hydrogens is 158 g/mol. The lowest BCUT2D eigenvalue weighted by atomic mass is 10.3. The molecule has 1 rings (SSSR count). The number of carbonyl (C=O) groups excluding carboxylic acids is 2. The van der Waals surface area contributed by atoms with Gasteiger partial charge in [-0.25, -0.2) is 0 Å². The Morgan fingerprint density at radius 1 is 1.83 bits per heavy atom. The molecule has 0 aliphatic heterocycles. The molecule has 0 aliphatic rings. The summed E-state index contributed by atoms with van der Waals surface area (Å²) in [6.07, 6.45) is 0.939. The summed E-state index contributed by atoms with van der Waals surface area (Å²) in [5, 5.41) is 3.91. The van der Waals surface area contributed by atoms with Gasteiger partial charge >= 0.3 is 0 Å². The zero-order chi connectivity index (χ0) is 9.14. The van der Waals surface area contributed by atoms with Crippen molar-refractivity contribution in [1.29, 1.82) is 0 Å². The molecule has 0 fully saturated rings. The Hall–Kier alpha value is -1.65. The first-order chi connectivity index (χ1) is 5.65. The van der Waals surface area contributed by atoms with Gasteiger partial charge in [-0.2, -0.15) is 5.10 Å². The van der Waals surface area contributed by atoms with E-state index in [9.17, 15) is 9.59 Å². The van der Waals surface area contributed by atoms with Gasteiger partial charge in [0.1, 0.15) is 12.0 Å². The average Bonchev–Trinajstić information content (AvgIpc) is 2.32. The van der Waals surface area contributed by atoms with Crippen LogP contribution in [0.3, 0.4) is 0 Å². The molecule has 1 aromatic rings. The van der Waals surface area contributed by atoms with Crippen molar-refractivity contribution in [3.8, 4) is 0 Å². The second-order valence-electron chi connectivity index (χ2n) is 2.38. The third-order valence-electron chi connectivity index (χ3n) is 1.48. The van der Waals surface area contributed by atoms with E-state index in [2.05, 4.69) is 5.10 Å². The van der Waals surface area contributed by atoms with Gasteiger partial charge in [-0.1, -0.05) is 0 Å². The standard InChI is InChI=1S/C7H9N3O2/c1-10-6(7(8)12)4-5(9-10)2-3-11/h3-4H,2H2,1H3,(H2,8,12). The van der Waals surface area contributed by atoms with E-state index in [-0.39, 0.29) is 6.42 Å². The molecular formula is C7H9N3O2. The van der Waals surface area contributed by atoms with Crippen molar-refractivity contribution in [3.05, 3.63) is 17.5 Å². The van der Waals surface area contributed by atoms with Crippen molar-refractivity contribution in [1.82, 2.24) is 9.78 Å². The van der Waals surface area contributed by atoms with Crippen molar-refractivity contribution in [2.24, 2.45) is 12.8 Å². The Balaban J connectivity index is 2.99. The molecule has 0 bridgehead atoms. The van der Waals surface area contributed by atoms with Crippen molar-refractivity contribution in [2.45, 2.75) is 6.42 Å². The molecule has 1 aromatic heterocycles. The normalized spacial score (nSPS) is 9.75. The monoisotopic (exact) mass is 167 g/mol. The van der Waals surface area contributed by atoms with Crippen LogP contribution in [0, 0.1) is 0 Å². The Labute approximate surface area is 69.2 Å². The first-order valence-electron chi connectivity index (χ1n) is 3.41. The largest absolute Gasteiger partial charge is 0.364 e. The topological polar surface area (TPSA) is 78.0 Å². The maximum atomic E-state index is 10.7. The molecule has 12 heavy (non-hydrogen) atoms. The van der Waals surface area contributed by atoms with Gasteiger partial charge in [0.15, 0.2) is 0 Å². The molecule has 0 saturated carbocycles. The molecule has 0 atom stereocenters. The highest BCUT2D eigenvalue weighted by atomic mass is 16.1. The highest BCUT2D eigenvalue weighted by Gasteiger charge is 2.08. The van der Waals surface area contributed by atoms with Crippen LogP contribution in [0.15, 0.2) is 6.07 Å². The van der Waals surface area contributed by atoms with E-state index in [1.54, 1.807) is 7.05 Å². The molecule has 0 unspecified atom stereocenters. The lowest BCUT2D eigenvalue weighted by molar-refractivity contribution is -0.107. The van der Waals surface area contributed by atoms with Crippen LogP contribution in [-0.4, -0.2) is 22.0 Å². The number of aromatic nitrogens is 2. The maximum Gasteiger partial charge on any atom is 0.266 e. The quantitative estimate of drug-likeness (QED) is 0.602. The minimum Gasteiger partial charge on any atom is -0.364 e. The molecule has 0 spiro atoms. The van der Waals surface area contributed by atoms with Crippen LogP contribution in [-0.2, 0) is 18.3 Å². The van der Waals surface area contributed by atoms with Gasteiger partial charge < -0.3 is 10.5 Å². The van der Waals surface area contributed by atoms with Gasteiger partial charge in [-0.05, 0) is 6.07 Å². The van der Waals surface area contributed by atoms with Gasteiger partial charge in [0.25, 0.3) is 5.91 Å². The van der Waals surface area contributed by atoms with Gasteiger partial charge in [-0.15, -0.1) is 0 Å². The van der Waals surface area contributed by atoms with E-state index in [0.29, 0.717) is 11.4 Å². The first-order valence-corrected chi connectivity index (χ1v) is 3.41. The fourth-order valence-electron chi connectivity index (χ4n) is 0.942. The second-order valence-corrected chi connectivity index (χ2v) is 2.38. The third-order valence-corrected chi connectivity index (χ3v) is 1.48. The Morgan fingerprint density at radius 2 is 2.50 bits per heavy atom. The number of nitrogens with two attached hydrogens (primary N) is 1. The molecule has 0 saturated heterocycles. The van der Waals surface area contributed by atoms with Crippen molar-refractivity contribution < 1.29 is 9.59 Å². The number of nitrogens with zero attached hydrogens (tertiary/aromatic N) is 2. The minimum atomic E-state index is -0.540. The number of primary amides is 1. The SMILES string of the molecule is Cn1nc(CC=O)cc1C(N)=O. The molecule has 2 N–H and O–H groups in total. The number of hydrogen-bond donors (Lipinski definition) is 1. The van der Waals surface area contributed by atoms with Crippen LogP contribution in [0.25, 0.3) is 0 Å². The summed E-state index contributed by atoms with van der Waals surface area (Å²) in [6, 6.07) is 1.51. The van der Waals surface area contributed by atoms with Crippen LogP contribution in [0.1, 0.15) is 16.2 Å². The van der Waals surface area contributed by atoms with E-state index in [4.69, 9.17) is 5.73 Å². The van der Waals surface area contributed by atoms with Crippen LogP contribution >= 0.6 is 0 Å². The van der Waals surface area contributed by atoms with Crippen LogP contribution in [0.5, 0.6) is 0 Å². The highest BCUT2D eigenvalue weighted by molar-refractivity contribution is 5.91. The van der Waals surface area contributed by atoms with E-state index in [0.717, 1.165) is 6.29 Å². The second kappa shape index (κ2) is 3.17. The third kappa shape index (κ3) is 1.50. The van der Waals surface area contributed by atoms with Gasteiger partial charge in [0, 0.05) is 13.5 Å². The van der Waals surface area contributed by atoms with Gasteiger partial charge in [0.2, 0.25) is 0 Å². The number of rotatable bonds is 3. The van der Waals surface area contributed by atoms with Crippen LogP contribution in [0.4, 0.5) is 0 Å². The van der Waals surface area contributed by atoms with Gasteiger partial charge in [-0.3, -0.25) is 9.48 Å². The molecule has 0 aliphatic carbocycles. The lowest BCUT2D eigenvalue weighted by Gasteiger charge is -1.92. The summed E-state index contributed by atoms with van der Waals surface area (Å²) >= 11 is 0. The molecule has 0 aromatic carbocycles. The number of aryl methyl sites for hydroxylation is 1. The van der Waals surface area contributed by atoms with Crippen LogP contribution < -0.4 is 5.73 Å². The number of amides is 1. The smallest absolute Gasteiger partial charge is 0.266 e. The molecule has 1 heterocycles. The Morgan fingerprint density at radius 3 is 2.92 bits per heavy atom. The summed E-state index contributed by atoms with van der Waals surface area (Å²) < 4.78 is 1.36. The predicted octanol–water partition coefficient (Wildman–Crippen LogP) is -0.740. The lowest BCUT2D eigenvalue weighted by Crippen LogP contribution is -2.15. The molecule has 0 radical (unpaired) electrons. The van der Waals surface area contributed by atoms with Crippen molar-refractivity contribution in [3.63, 3.8) is 0 Å². The predicted molar refractivity (Wildman–Crippen MR) is 41.5 cm³/mol. The molecule has 5 heteroatoms. The summed E-state index contributed by atoms with van der Waals surface area (Å²) in [6.45, 7) is 0. The van der Waals surface area contributed by atoms with Gasteiger partial charge in [0.05, 0.1) is 5.69 Å². The Kier molecular flexibility index (Phi) is 2.23. The summed E-state index contributed by atoms with van der Waals surface area (Å²) in [5.41, 5.74) is 5.90. The first kappa shape index (κ1) is 8.45. The number of carbonyl (C=O) groups is 2. The summed E-state index contributed by atoms with van der Waals surface area (Å²) in [5.74, 6) is -0.540. The molecule has 5 nitrogen and oxygen atoms in total. The zero-order valence-corrected chi connectivity index (χ0v) is 6.65. The molecule has 64 valence electrons. The van der Waals surface area contributed by atoms with E-state index in [1.807, 2.05) is 0 Å². The minimum absolute atomic E-state index is 0.209. The van der Waals surface area contributed by atoms with E-state index in [1.165, 1.54) is 10.7 Å². The highest BCUT2D eigenvalue weighted by Crippen LogP contribution is 2.01. The van der Waals surface area contributed by atoms with Crippen LogP contribution in [0.2, 0.25) is 0 Å². The average molecular weight is 167 g/mol. The summed E-state index contributed by atoms with van der Waals surface area (Å²) in [7, 11) is 1.61. The zero-order valence-electron chi connectivity index (χ0n) is 6.65. The fraction of sp³-hybridized carbons (Fsp3) is 0.286. The maximum absolute atomic E-state index is 10.7. The van der Waals surface area contributed by atoms with Crippen molar-refractivity contribution in [2.75, 3.05) is 0 Å². The summed E-state index contributed by atoms with van der Waals surface area (Å²) in [4.78, 5) is 20.8. The van der Waals surface area contributed by atoms with Crippen molar-refractivity contribution >= 4 is 12.2 Å². The fourth-order valence-corrected chi connectivity index (χ4v) is 0.942. The Bertz CT molecular complexity index is 316. The van der Waals surface area contributed by atoms with E-state index >= 15 is 0 Å². The molecule has 1 amide bonds. The number of aldehydes is 1. The number of hydrogen-bond acceptors (Lipinski definition) is 3. The van der Waals surface area contributed by atoms with E-state index < -0.39 is 5.91 Å².